The molecule has 1 atom stereocenters. The first-order valence-electron chi connectivity index (χ1n) is 9.70. The molecule has 1 aliphatic heterocycles. The number of nitrogens with zero attached hydrogens (tertiary/aromatic N) is 4. The van der Waals surface area contributed by atoms with Crippen molar-refractivity contribution in [3.63, 3.8) is 0 Å². The third kappa shape index (κ3) is 4.51. The van der Waals surface area contributed by atoms with Crippen molar-refractivity contribution in [3.05, 3.63) is 56.6 Å². The first kappa shape index (κ1) is 19.3. The standard InChI is InChI=1S/C20H25N5OS2/c1-15-21-17(13-28-15)11-19-22-25(20(27)26-19)14-23(2)12-16-7-3-4-8-18(16)24-9-5-6-10-24/h3-4,7-8,13H,5-6,9-12,14H2,1-2H3/p+1. The second kappa shape index (κ2) is 8.55. The molecule has 0 radical (unpaired) electrons. The predicted molar refractivity (Wildman–Crippen MR) is 113 cm³/mol. The maximum absolute atomic E-state index is 5.69. The van der Waals surface area contributed by atoms with Crippen molar-refractivity contribution in [2.45, 2.75) is 39.4 Å². The molecule has 3 heterocycles. The minimum Gasteiger partial charge on any atom is -0.413 e. The van der Waals surface area contributed by atoms with Crippen LogP contribution in [0.3, 0.4) is 0 Å². The summed E-state index contributed by atoms with van der Waals surface area (Å²) in [5, 5.41) is 7.67. The van der Waals surface area contributed by atoms with Gasteiger partial charge in [0.2, 0.25) is 5.89 Å². The molecule has 4 rings (SSSR count). The molecular weight excluding hydrogens is 390 g/mol. The molecule has 0 bridgehead atoms. The number of rotatable bonds is 7. The Morgan fingerprint density at radius 2 is 2.04 bits per heavy atom. The molecular formula is C20H26N5OS2+. The molecule has 8 heteroatoms. The zero-order valence-corrected chi connectivity index (χ0v) is 18.0. The summed E-state index contributed by atoms with van der Waals surface area (Å²) in [5.74, 6) is 0.626. The SMILES string of the molecule is Cc1nc(Cc2nn(C[NH+](C)Cc3ccccc3N3CCCC3)c(=S)o2)cs1. The van der Waals surface area contributed by atoms with Gasteiger partial charge in [-0.05, 0) is 38.0 Å². The van der Waals surface area contributed by atoms with E-state index in [2.05, 4.69) is 46.3 Å². The minimum absolute atomic E-state index is 0.425. The van der Waals surface area contributed by atoms with E-state index in [9.17, 15) is 0 Å². The van der Waals surface area contributed by atoms with Gasteiger partial charge in [0.15, 0.2) is 6.67 Å². The monoisotopic (exact) mass is 416 g/mol. The highest BCUT2D eigenvalue weighted by atomic mass is 32.1. The van der Waals surface area contributed by atoms with Crippen LogP contribution in [-0.2, 0) is 19.6 Å². The first-order chi connectivity index (χ1) is 13.6. The van der Waals surface area contributed by atoms with E-state index in [0.717, 1.165) is 30.3 Å². The van der Waals surface area contributed by atoms with Crippen LogP contribution < -0.4 is 9.80 Å². The topological polar surface area (TPSA) is 51.5 Å². The molecule has 0 aliphatic carbocycles. The van der Waals surface area contributed by atoms with Crippen LogP contribution in [0.2, 0.25) is 0 Å². The molecule has 0 amide bonds. The molecule has 3 aromatic rings. The number of thiazole rings is 1. The fourth-order valence-electron chi connectivity index (χ4n) is 3.73. The largest absolute Gasteiger partial charge is 0.413 e. The zero-order valence-electron chi connectivity index (χ0n) is 16.4. The van der Waals surface area contributed by atoms with Crippen LogP contribution in [0, 0.1) is 11.8 Å². The smallest absolute Gasteiger partial charge is 0.291 e. The fraction of sp³-hybridized carbons (Fsp3) is 0.450. The van der Waals surface area contributed by atoms with E-state index in [1.165, 1.54) is 29.0 Å². The van der Waals surface area contributed by atoms with Crippen LogP contribution >= 0.6 is 23.6 Å². The number of anilines is 1. The van der Waals surface area contributed by atoms with Crippen molar-refractivity contribution in [3.8, 4) is 0 Å². The number of quaternary nitrogens is 1. The molecule has 1 unspecified atom stereocenters. The highest BCUT2D eigenvalue weighted by Gasteiger charge is 2.18. The minimum atomic E-state index is 0.425. The lowest BCUT2D eigenvalue weighted by Crippen LogP contribution is -3.07. The maximum Gasteiger partial charge on any atom is 0.291 e. The number of nitrogens with one attached hydrogen (secondary N) is 1. The number of benzene rings is 1. The quantitative estimate of drug-likeness (QED) is 0.600. The van der Waals surface area contributed by atoms with Crippen LogP contribution in [-0.4, -0.2) is 34.9 Å². The van der Waals surface area contributed by atoms with Gasteiger partial charge in [0.05, 0.1) is 24.2 Å². The van der Waals surface area contributed by atoms with Crippen molar-refractivity contribution < 1.29 is 9.32 Å². The normalized spacial score (nSPS) is 15.3. The molecule has 28 heavy (non-hydrogen) atoms. The Bertz CT molecular complexity index is 986. The molecule has 0 saturated carbocycles. The molecule has 6 nitrogen and oxygen atoms in total. The van der Waals surface area contributed by atoms with Gasteiger partial charge in [-0.1, -0.05) is 18.2 Å². The van der Waals surface area contributed by atoms with E-state index in [4.69, 9.17) is 16.6 Å². The van der Waals surface area contributed by atoms with E-state index in [0.29, 0.717) is 23.8 Å². The van der Waals surface area contributed by atoms with Crippen LogP contribution in [0.25, 0.3) is 0 Å². The average Bonchev–Trinajstić information content (AvgIpc) is 3.39. The third-order valence-corrected chi connectivity index (χ3v) is 6.11. The summed E-state index contributed by atoms with van der Waals surface area (Å²) >= 11 is 7.02. The summed E-state index contributed by atoms with van der Waals surface area (Å²) in [6, 6.07) is 8.73. The van der Waals surface area contributed by atoms with Gasteiger partial charge in [-0.25, -0.2) is 4.98 Å². The predicted octanol–water partition coefficient (Wildman–Crippen LogP) is 2.83. The second-order valence-corrected chi connectivity index (χ2v) is 8.82. The Morgan fingerprint density at radius 3 is 2.79 bits per heavy atom. The summed E-state index contributed by atoms with van der Waals surface area (Å²) < 4.78 is 7.48. The molecule has 2 aromatic heterocycles. The van der Waals surface area contributed by atoms with Crippen LogP contribution in [0.15, 0.2) is 34.1 Å². The number of hydrogen-bond donors (Lipinski definition) is 1. The Balaban J connectivity index is 1.43. The lowest BCUT2D eigenvalue weighted by atomic mass is 10.1. The van der Waals surface area contributed by atoms with Crippen molar-refractivity contribution in [2.75, 3.05) is 25.0 Å². The molecule has 1 aromatic carbocycles. The zero-order chi connectivity index (χ0) is 19.5. The van der Waals surface area contributed by atoms with E-state index in [-0.39, 0.29) is 0 Å². The molecule has 1 N–H and O–H groups in total. The molecule has 1 aliphatic rings. The van der Waals surface area contributed by atoms with Gasteiger partial charge in [-0.15, -0.1) is 16.4 Å². The van der Waals surface area contributed by atoms with Crippen LogP contribution in [0.1, 0.15) is 35.0 Å². The second-order valence-electron chi connectivity index (χ2n) is 7.41. The number of para-hydroxylation sites is 1. The fourth-order valence-corrected chi connectivity index (χ4v) is 4.54. The Hall–Kier alpha value is -2.03. The average molecular weight is 417 g/mol. The van der Waals surface area contributed by atoms with Crippen LogP contribution in [0.4, 0.5) is 5.69 Å². The highest BCUT2D eigenvalue weighted by Crippen LogP contribution is 2.23. The van der Waals surface area contributed by atoms with Crippen molar-refractivity contribution >= 4 is 29.2 Å². The van der Waals surface area contributed by atoms with Crippen molar-refractivity contribution in [1.82, 2.24) is 14.8 Å². The number of aromatic nitrogens is 3. The Kier molecular flexibility index (Phi) is 5.89. The molecule has 148 valence electrons. The lowest BCUT2D eigenvalue weighted by Gasteiger charge is -2.22. The van der Waals surface area contributed by atoms with Gasteiger partial charge in [0, 0.05) is 29.7 Å². The Morgan fingerprint density at radius 1 is 1.25 bits per heavy atom. The van der Waals surface area contributed by atoms with E-state index in [1.807, 2.05) is 12.3 Å². The molecule has 1 fully saturated rings. The van der Waals surface area contributed by atoms with Crippen molar-refractivity contribution in [1.29, 1.82) is 0 Å². The maximum atomic E-state index is 5.69. The number of hydrogen-bond acceptors (Lipinski definition) is 6. The van der Waals surface area contributed by atoms with Gasteiger partial charge in [-0.2, -0.15) is 4.68 Å². The van der Waals surface area contributed by atoms with Gasteiger partial charge in [0.25, 0.3) is 4.84 Å². The van der Waals surface area contributed by atoms with E-state index >= 15 is 0 Å². The Labute approximate surface area is 174 Å². The van der Waals surface area contributed by atoms with Crippen LogP contribution in [0.5, 0.6) is 0 Å². The summed E-state index contributed by atoms with van der Waals surface area (Å²) in [4.78, 5) is 8.71. The highest BCUT2D eigenvalue weighted by molar-refractivity contribution is 7.71. The third-order valence-electron chi connectivity index (χ3n) is 5.00. The van der Waals surface area contributed by atoms with Gasteiger partial charge in [-0.3, -0.25) is 0 Å². The summed E-state index contributed by atoms with van der Waals surface area (Å²) in [6.07, 6.45) is 3.15. The van der Waals surface area contributed by atoms with Gasteiger partial charge in [0.1, 0.15) is 6.54 Å². The number of aryl methyl sites for hydroxylation is 1. The van der Waals surface area contributed by atoms with E-state index < -0.39 is 0 Å². The summed E-state index contributed by atoms with van der Waals surface area (Å²) in [6.45, 7) is 5.91. The lowest BCUT2D eigenvalue weighted by molar-refractivity contribution is -0.917. The van der Waals surface area contributed by atoms with Crippen molar-refractivity contribution in [2.24, 2.45) is 0 Å². The van der Waals surface area contributed by atoms with Gasteiger partial charge >= 0.3 is 0 Å². The van der Waals surface area contributed by atoms with E-state index in [1.54, 1.807) is 16.0 Å². The molecule has 1 saturated heterocycles. The first-order valence-corrected chi connectivity index (χ1v) is 11.0. The van der Waals surface area contributed by atoms with Gasteiger partial charge < -0.3 is 14.2 Å². The summed E-state index contributed by atoms with van der Waals surface area (Å²) in [7, 11) is 2.17. The molecule has 0 spiro atoms. The summed E-state index contributed by atoms with van der Waals surface area (Å²) in [5.41, 5.74) is 3.71.